The van der Waals surface area contributed by atoms with Crippen LogP contribution in [0.1, 0.15) is 17.5 Å². The first-order valence-electron chi connectivity index (χ1n) is 5.06. The van der Waals surface area contributed by atoms with Gasteiger partial charge in [-0.3, -0.25) is 4.79 Å². The minimum Gasteiger partial charge on any atom is -0.356 e. The molecule has 1 aliphatic rings. The fourth-order valence-corrected chi connectivity index (χ4v) is 1.87. The molecular weight excluding hydrogens is 174 g/mol. The Morgan fingerprint density at radius 3 is 2.64 bits per heavy atom. The molecule has 1 atom stereocenters. The maximum atomic E-state index is 11.0. The summed E-state index contributed by atoms with van der Waals surface area (Å²) >= 11 is 0. The van der Waals surface area contributed by atoms with Crippen molar-refractivity contribution in [2.24, 2.45) is 5.92 Å². The van der Waals surface area contributed by atoms with E-state index in [1.807, 2.05) is 0 Å². The summed E-state index contributed by atoms with van der Waals surface area (Å²) in [6.07, 6.45) is 1.70. The molecule has 2 nitrogen and oxygen atoms in total. The number of hydrogen-bond donors (Lipinski definition) is 1. The summed E-state index contributed by atoms with van der Waals surface area (Å²) in [5, 5.41) is 2.86. The average Bonchev–Trinajstić information content (AvgIpc) is 2.56. The molecule has 1 fully saturated rings. The van der Waals surface area contributed by atoms with Gasteiger partial charge in [0.05, 0.1) is 0 Å². The van der Waals surface area contributed by atoms with Gasteiger partial charge in [0.2, 0.25) is 5.91 Å². The molecule has 0 saturated carbocycles. The van der Waals surface area contributed by atoms with Gasteiger partial charge in [0.1, 0.15) is 0 Å². The summed E-state index contributed by atoms with van der Waals surface area (Å²) in [4.78, 5) is 11.0. The van der Waals surface area contributed by atoms with E-state index in [-0.39, 0.29) is 5.91 Å². The first-order chi connectivity index (χ1) is 6.74. The van der Waals surface area contributed by atoms with Gasteiger partial charge >= 0.3 is 0 Å². The predicted molar refractivity (Wildman–Crippen MR) is 56.0 cm³/mol. The van der Waals surface area contributed by atoms with Crippen molar-refractivity contribution in [1.82, 2.24) is 5.32 Å². The molecule has 0 bridgehead atoms. The molecule has 1 aliphatic heterocycles. The van der Waals surface area contributed by atoms with Gasteiger partial charge in [0.25, 0.3) is 0 Å². The number of carbonyl (C=O) groups is 1. The lowest BCUT2D eigenvalue weighted by Crippen LogP contribution is -2.14. The smallest absolute Gasteiger partial charge is 0.220 e. The molecule has 0 aliphatic carbocycles. The predicted octanol–water partition coefficient (Wildman–Crippen LogP) is 1.67. The van der Waals surface area contributed by atoms with Crippen LogP contribution in [0.15, 0.2) is 24.3 Å². The van der Waals surface area contributed by atoms with Crippen LogP contribution in [0.3, 0.4) is 0 Å². The summed E-state index contributed by atoms with van der Waals surface area (Å²) < 4.78 is 0. The molecule has 0 unspecified atom stereocenters. The molecule has 2 heteroatoms. The highest BCUT2D eigenvalue weighted by atomic mass is 16.1. The molecule has 0 spiro atoms. The van der Waals surface area contributed by atoms with Crippen molar-refractivity contribution in [2.45, 2.75) is 19.8 Å². The van der Waals surface area contributed by atoms with E-state index in [4.69, 9.17) is 0 Å². The summed E-state index contributed by atoms with van der Waals surface area (Å²) in [5.41, 5.74) is 2.62. The highest BCUT2D eigenvalue weighted by Gasteiger charge is 2.21. The van der Waals surface area contributed by atoms with Crippen molar-refractivity contribution in [3.63, 3.8) is 0 Å². The van der Waals surface area contributed by atoms with Crippen molar-refractivity contribution >= 4 is 5.91 Å². The van der Waals surface area contributed by atoms with Crippen LogP contribution in [-0.4, -0.2) is 12.5 Å². The molecule has 1 aromatic carbocycles. The van der Waals surface area contributed by atoms with Crippen molar-refractivity contribution in [1.29, 1.82) is 0 Å². The topological polar surface area (TPSA) is 29.1 Å². The lowest BCUT2D eigenvalue weighted by Gasteiger charge is -2.06. The molecule has 1 aromatic rings. The van der Waals surface area contributed by atoms with Crippen molar-refractivity contribution in [2.75, 3.05) is 6.54 Å². The van der Waals surface area contributed by atoms with Gasteiger partial charge in [-0.25, -0.2) is 0 Å². The van der Waals surface area contributed by atoms with E-state index in [9.17, 15) is 4.79 Å². The second kappa shape index (κ2) is 3.82. The number of benzene rings is 1. The van der Waals surface area contributed by atoms with Crippen LogP contribution in [0, 0.1) is 12.8 Å². The van der Waals surface area contributed by atoms with E-state index < -0.39 is 0 Å². The number of carbonyl (C=O) groups excluding carboxylic acids is 1. The average molecular weight is 189 g/mol. The SMILES string of the molecule is Cc1ccc(C[C@@H]2CNC(=O)C2)cc1. The van der Waals surface area contributed by atoms with E-state index in [1.165, 1.54) is 11.1 Å². The molecule has 14 heavy (non-hydrogen) atoms. The molecule has 1 saturated heterocycles. The number of aryl methyl sites for hydroxylation is 1. The lowest BCUT2D eigenvalue weighted by atomic mass is 9.98. The van der Waals surface area contributed by atoms with Gasteiger partial charge in [-0.1, -0.05) is 29.8 Å². The van der Waals surface area contributed by atoms with Gasteiger partial charge in [-0.2, -0.15) is 0 Å². The zero-order chi connectivity index (χ0) is 9.97. The van der Waals surface area contributed by atoms with E-state index in [0.717, 1.165) is 13.0 Å². The summed E-state index contributed by atoms with van der Waals surface area (Å²) in [7, 11) is 0. The van der Waals surface area contributed by atoms with Crippen molar-refractivity contribution in [3.8, 4) is 0 Å². The molecule has 2 rings (SSSR count). The number of nitrogens with one attached hydrogen (secondary N) is 1. The van der Waals surface area contributed by atoms with E-state index in [0.29, 0.717) is 12.3 Å². The molecule has 1 amide bonds. The first-order valence-corrected chi connectivity index (χ1v) is 5.06. The number of rotatable bonds is 2. The van der Waals surface area contributed by atoms with Crippen LogP contribution in [0.2, 0.25) is 0 Å². The minimum atomic E-state index is 0.196. The lowest BCUT2D eigenvalue weighted by molar-refractivity contribution is -0.119. The maximum Gasteiger partial charge on any atom is 0.220 e. The molecule has 1 N–H and O–H groups in total. The van der Waals surface area contributed by atoms with Crippen LogP contribution in [0.25, 0.3) is 0 Å². The Kier molecular flexibility index (Phi) is 2.53. The van der Waals surface area contributed by atoms with Crippen LogP contribution in [-0.2, 0) is 11.2 Å². The minimum absolute atomic E-state index is 0.196. The van der Waals surface area contributed by atoms with Crippen LogP contribution >= 0.6 is 0 Å². The van der Waals surface area contributed by atoms with Gasteiger partial charge in [0.15, 0.2) is 0 Å². The normalized spacial score (nSPS) is 20.9. The fraction of sp³-hybridized carbons (Fsp3) is 0.417. The van der Waals surface area contributed by atoms with Crippen LogP contribution in [0.4, 0.5) is 0 Å². The van der Waals surface area contributed by atoms with E-state index in [1.54, 1.807) is 0 Å². The third-order valence-corrected chi connectivity index (χ3v) is 2.71. The Labute approximate surface area is 84.3 Å². The molecular formula is C12H15NO. The molecule has 0 aromatic heterocycles. The van der Waals surface area contributed by atoms with E-state index >= 15 is 0 Å². The zero-order valence-electron chi connectivity index (χ0n) is 8.42. The van der Waals surface area contributed by atoms with Gasteiger partial charge in [0, 0.05) is 13.0 Å². The highest BCUT2D eigenvalue weighted by Crippen LogP contribution is 2.16. The standard InChI is InChI=1S/C12H15NO/c1-9-2-4-10(5-3-9)6-11-7-12(14)13-8-11/h2-5,11H,6-8H2,1H3,(H,13,14)/t11-/m0/s1. The third kappa shape index (κ3) is 2.13. The Balaban J connectivity index is 1.97. The summed E-state index contributed by atoms with van der Waals surface area (Å²) in [5.74, 6) is 0.687. The van der Waals surface area contributed by atoms with Crippen LogP contribution < -0.4 is 5.32 Å². The molecule has 0 radical (unpaired) electrons. The van der Waals surface area contributed by atoms with Crippen LogP contribution in [0.5, 0.6) is 0 Å². The van der Waals surface area contributed by atoms with E-state index in [2.05, 4.69) is 36.5 Å². The van der Waals surface area contributed by atoms with Gasteiger partial charge < -0.3 is 5.32 Å². The van der Waals surface area contributed by atoms with Gasteiger partial charge in [-0.05, 0) is 24.8 Å². The summed E-state index contributed by atoms with van der Waals surface area (Å²) in [6, 6.07) is 8.55. The largest absolute Gasteiger partial charge is 0.356 e. The van der Waals surface area contributed by atoms with Crippen molar-refractivity contribution < 1.29 is 4.79 Å². The Morgan fingerprint density at radius 1 is 1.36 bits per heavy atom. The maximum absolute atomic E-state index is 11.0. The van der Waals surface area contributed by atoms with Crippen molar-refractivity contribution in [3.05, 3.63) is 35.4 Å². The number of hydrogen-bond acceptors (Lipinski definition) is 1. The fourth-order valence-electron chi connectivity index (χ4n) is 1.87. The Hall–Kier alpha value is -1.31. The Morgan fingerprint density at radius 2 is 2.07 bits per heavy atom. The monoisotopic (exact) mass is 189 g/mol. The second-order valence-electron chi connectivity index (χ2n) is 4.06. The zero-order valence-corrected chi connectivity index (χ0v) is 8.42. The molecule has 1 heterocycles. The second-order valence-corrected chi connectivity index (χ2v) is 4.06. The summed E-state index contributed by atoms with van der Waals surface area (Å²) in [6.45, 7) is 2.93. The Bertz CT molecular complexity index is 329. The third-order valence-electron chi connectivity index (χ3n) is 2.71. The van der Waals surface area contributed by atoms with Gasteiger partial charge in [-0.15, -0.1) is 0 Å². The first kappa shape index (κ1) is 9.25. The quantitative estimate of drug-likeness (QED) is 0.753. The highest BCUT2D eigenvalue weighted by molar-refractivity contribution is 5.78. The number of amides is 1. The molecule has 74 valence electrons.